The lowest BCUT2D eigenvalue weighted by Gasteiger charge is -2.32. The first kappa shape index (κ1) is 15.3. The van der Waals surface area contributed by atoms with E-state index < -0.39 is 0 Å². The molecule has 1 fully saturated rings. The third kappa shape index (κ3) is 4.49. The molecule has 0 spiro atoms. The maximum absolute atomic E-state index is 5.68. The van der Waals surface area contributed by atoms with Crippen LogP contribution in [0.25, 0.3) is 0 Å². The maximum Gasteiger partial charge on any atom is 0.218 e. The van der Waals surface area contributed by atoms with E-state index in [0.29, 0.717) is 31.1 Å². The zero-order chi connectivity index (χ0) is 14.2. The zero-order valence-electron chi connectivity index (χ0n) is 11.9. The highest BCUT2D eigenvalue weighted by Gasteiger charge is 2.20. The molecule has 0 aromatic carbocycles. The zero-order valence-corrected chi connectivity index (χ0v) is 12.7. The standard InChI is InChI=1S/C14H22ClN3O2/c1-2-8-20-14-10-13(16-11-17-14)18-6-3-12(4-7-18)19-9-5-15/h10-12H,2-9H2,1H3. The van der Waals surface area contributed by atoms with Gasteiger partial charge in [0.05, 0.1) is 19.3 Å². The number of nitrogens with zero attached hydrogens (tertiary/aromatic N) is 3. The van der Waals surface area contributed by atoms with Crippen LogP contribution in [0.5, 0.6) is 5.88 Å². The summed E-state index contributed by atoms with van der Waals surface area (Å²) in [5, 5.41) is 0. The van der Waals surface area contributed by atoms with E-state index in [0.717, 1.165) is 38.2 Å². The molecular formula is C14H22ClN3O2. The van der Waals surface area contributed by atoms with Crippen molar-refractivity contribution in [3.8, 4) is 5.88 Å². The van der Waals surface area contributed by atoms with Crippen LogP contribution in [0, 0.1) is 0 Å². The Morgan fingerprint density at radius 2 is 2.10 bits per heavy atom. The lowest BCUT2D eigenvalue weighted by atomic mass is 10.1. The van der Waals surface area contributed by atoms with E-state index in [2.05, 4.69) is 21.8 Å². The first-order valence-electron chi connectivity index (χ1n) is 7.21. The molecule has 0 radical (unpaired) electrons. The molecule has 5 nitrogen and oxygen atoms in total. The van der Waals surface area contributed by atoms with Gasteiger partial charge < -0.3 is 14.4 Å². The van der Waals surface area contributed by atoms with Gasteiger partial charge in [0.2, 0.25) is 5.88 Å². The number of anilines is 1. The molecule has 1 aromatic rings. The predicted octanol–water partition coefficient (Wildman–Crippen LogP) is 2.49. The van der Waals surface area contributed by atoms with Crippen LogP contribution < -0.4 is 9.64 Å². The summed E-state index contributed by atoms with van der Waals surface area (Å²) in [4.78, 5) is 10.7. The number of piperidine rings is 1. The van der Waals surface area contributed by atoms with E-state index in [1.807, 2.05) is 6.07 Å². The summed E-state index contributed by atoms with van der Waals surface area (Å²) in [6.07, 6.45) is 4.87. The summed E-state index contributed by atoms with van der Waals surface area (Å²) in [7, 11) is 0. The van der Waals surface area contributed by atoms with E-state index in [4.69, 9.17) is 21.1 Å². The summed E-state index contributed by atoms with van der Waals surface area (Å²) >= 11 is 5.64. The summed E-state index contributed by atoms with van der Waals surface area (Å²) in [5.41, 5.74) is 0. The van der Waals surface area contributed by atoms with Gasteiger partial charge in [0.25, 0.3) is 0 Å². The molecule has 1 aliphatic rings. The van der Waals surface area contributed by atoms with Gasteiger partial charge in [-0.2, -0.15) is 0 Å². The quantitative estimate of drug-likeness (QED) is 0.724. The second-order valence-corrected chi connectivity index (χ2v) is 5.19. The number of hydrogen-bond donors (Lipinski definition) is 0. The molecule has 1 aliphatic heterocycles. The molecule has 0 saturated carbocycles. The number of alkyl halides is 1. The van der Waals surface area contributed by atoms with Crippen molar-refractivity contribution in [1.82, 2.24) is 9.97 Å². The highest BCUT2D eigenvalue weighted by molar-refractivity contribution is 6.17. The largest absolute Gasteiger partial charge is 0.478 e. The third-order valence-corrected chi connectivity index (χ3v) is 3.43. The Kier molecular flexibility index (Phi) is 6.33. The Labute approximate surface area is 125 Å². The topological polar surface area (TPSA) is 47.5 Å². The molecule has 0 amide bonds. The number of ether oxygens (including phenoxy) is 2. The number of aromatic nitrogens is 2. The molecule has 0 atom stereocenters. The minimum Gasteiger partial charge on any atom is -0.478 e. The van der Waals surface area contributed by atoms with Crippen molar-refractivity contribution in [3.63, 3.8) is 0 Å². The molecule has 0 unspecified atom stereocenters. The van der Waals surface area contributed by atoms with Crippen LogP contribution in [0.3, 0.4) is 0 Å². The fraction of sp³-hybridized carbons (Fsp3) is 0.714. The van der Waals surface area contributed by atoms with Crippen LogP contribution in [-0.2, 0) is 4.74 Å². The maximum atomic E-state index is 5.68. The van der Waals surface area contributed by atoms with Gasteiger partial charge in [-0.1, -0.05) is 6.92 Å². The molecule has 6 heteroatoms. The van der Waals surface area contributed by atoms with E-state index in [-0.39, 0.29) is 0 Å². The molecule has 1 aromatic heterocycles. The predicted molar refractivity (Wildman–Crippen MR) is 79.7 cm³/mol. The minimum atomic E-state index is 0.322. The average Bonchev–Trinajstić information content (AvgIpc) is 2.52. The van der Waals surface area contributed by atoms with Crippen molar-refractivity contribution in [2.75, 3.05) is 37.1 Å². The van der Waals surface area contributed by atoms with E-state index >= 15 is 0 Å². The van der Waals surface area contributed by atoms with Gasteiger partial charge >= 0.3 is 0 Å². The van der Waals surface area contributed by atoms with Crippen molar-refractivity contribution in [2.24, 2.45) is 0 Å². The lowest BCUT2D eigenvalue weighted by Crippen LogP contribution is -2.37. The van der Waals surface area contributed by atoms with Gasteiger partial charge in [-0.3, -0.25) is 0 Å². The smallest absolute Gasteiger partial charge is 0.218 e. The average molecular weight is 300 g/mol. The van der Waals surface area contributed by atoms with Gasteiger partial charge in [-0.15, -0.1) is 11.6 Å². The number of rotatable bonds is 7. The highest BCUT2D eigenvalue weighted by atomic mass is 35.5. The van der Waals surface area contributed by atoms with Crippen LogP contribution in [0.2, 0.25) is 0 Å². The molecule has 0 aliphatic carbocycles. The lowest BCUT2D eigenvalue weighted by molar-refractivity contribution is 0.0471. The van der Waals surface area contributed by atoms with Gasteiger partial charge in [-0.05, 0) is 19.3 Å². The minimum absolute atomic E-state index is 0.322. The fourth-order valence-corrected chi connectivity index (χ4v) is 2.34. The molecule has 0 bridgehead atoms. The van der Waals surface area contributed by atoms with E-state index in [1.54, 1.807) is 6.33 Å². The van der Waals surface area contributed by atoms with E-state index in [1.165, 1.54) is 0 Å². The molecule has 2 heterocycles. The highest BCUT2D eigenvalue weighted by Crippen LogP contribution is 2.21. The second-order valence-electron chi connectivity index (χ2n) is 4.81. The van der Waals surface area contributed by atoms with Crippen LogP contribution in [0.15, 0.2) is 12.4 Å². The Morgan fingerprint density at radius 3 is 2.80 bits per heavy atom. The second kappa shape index (κ2) is 8.27. The Morgan fingerprint density at radius 1 is 1.30 bits per heavy atom. The monoisotopic (exact) mass is 299 g/mol. The number of halogens is 1. The summed E-state index contributed by atoms with van der Waals surface area (Å²) in [6, 6.07) is 1.91. The Balaban J connectivity index is 1.86. The summed E-state index contributed by atoms with van der Waals surface area (Å²) in [5.74, 6) is 2.14. The van der Waals surface area contributed by atoms with Crippen molar-refractivity contribution >= 4 is 17.4 Å². The van der Waals surface area contributed by atoms with E-state index in [9.17, 15) is 0 Å². The first-order valence-corrected chi connectivity index (χ1v) is 7.74. The van der Waals surface area contributed by atoms with Gasteiger partial charge in [0.1, 0.15) is 12.1 Å². The molecule has 1 saturated heterocycles. The van der Waals surface area contributed by atoms with Crippen molar-refractivity contribution in [2.45, 2.75) is 32.3 Å². The van der Waals surface area contributed by atoms with Crippen molar-refractivity contribution in [1.29, 1.82) is 0 Å². The molecular weight excluding hydrogens is 278 g/mol. The fourth-order valence-electron chi connectivity index (χ4n) is 2.25. The molecule has 0 N–H and O–H groups in total. The van der Waals surface area contributed by atoms with Gasteiger partial charge in [0, 0.05) is 25.0 Å². The third-order valence-electron chi connectivity index (χ3n) is 3.28. The molecule has 2 rings (SSSR count). The van der Waals surface area contributed by atoms with Gasteiger partial charge in [0.15, 0.2) is 0 Å². The molecule has 20 heavy (non-hydrogen) atoms. The van der Waals surface area contributed by atoms with Crippen molar-refractivity contribution in [3.05, 3.63) is 12.4 Å². The van der Waals surface area contributed by atoms with Crippen molar-refractivity contribution < 1.29 is 9.47 Å². The van der Waals surface area contributed by atoms with Gasteiger partial charge in [-0.25, -0.2) is 9.97 Å². The van der Waals surface area contributed by atoms with Crippen LogP contribution in [0.4, 0.5) is 5.82 Å². The number of hydrogen-bond acceptors (Lipinski definition) is 5. The summed E-state index contributed by atoms with van der Waals surface area (Å²) in [6.45, 7) is 5.28. The molecule has 112 valence electrons. The normalized spacial score (nSPS) is 16.4. The first-order chi connectivity index (χ1) is 9.83. The van der Waals surface area contributed by atoms with Crippen LogP contribution in [-0.4, -0.2) is 48.3 Å². The Bertz CT molecular complexity index is 398. The SMILES string of the molecule is CCCOc1cc(N2CCC(OCCCl)CC2)ncn1. The van der Waals surface area contributed by atoms with Crippen LogP contribution >= 0.6 is 11.6 Å². The Hall–Kier alpha value is -1.07. The van der Waals surface area contributed by atoms with Crippen LogP contribution in [0.1, 0.15) is 26.2 Å². The summed E-state index contributed by atoms with van der Waals surface area (Å²) < 4.78 is 11.2.